The number of methoxy groups -OCH3 is 1. The normalized spacial score (nSPS) is 10.5. The maximum absolute atomic E-state index is 11.6. The van der Waals surface area contributed by atoms with Gasteiger partial charge in [-0.3, -0.25) is 4.79 Å². The molecule has 1 aromatic heterocycles. The molecule has 0 saturated heterocycles. The van der Waals surface area contributed by atoms with Crippen molar-refractivity contribution >= 4 is 16.9 Å². The number of H-pyrrole nitrogens is 1. The number of benzene rings is 1. The summed E-state index contributed by atoms with van der Waals surface area (Å²) < 4.78 is 4.56. The smallest absolute Gasteiger partial charge is 0.343 e. The van der Waals surface area contributed by atoms with Crippen LogP contribution in [-0.4, -0.2) is 18.1 Å². The van der Waals surface area contributed by atoms with Crippen LogP contribution in [0.2, 0.25) is 0 Å². The molecule has 0 bridgehead atoms. The van der Waals surface area contributed by atoms with Gasteiger partial charge in [0.05, 0.1) is 7.11 Å². The Kier molecular flexibility index (Phi) is 2.95. The van der Waals surface area contributed by atoms with Crippen LogP contribution in [0.1, 0.15) is 22.8 Å². The summed E-state index contributed by atoms with van der Waals surface area (Å²) in [4.78, 5) is 25.7. The molecular weight excluding hydrogens is 218 g/mol. The fourth-order valence-corrected chi connectivity index (χ4v) is 1.74. The van der Waals surface area contributed by atoms with Crippen molar-refractivity contribution in [1.82, 2.24) is 4.98 Å². The van der Waals surface area contributed by atoms with Crippen molar-refractivity contribution in [2.75, 3.05) is 7.11 Å². The van der Waals surface area contributed by atoms with Gasteiger partial charge in [-0.2, -0.15) is 0 Å². The number of aromatic amines is 1. The third-order valence-electron chi connectivity index (χ3n) is 2.72. The molecule has 88 valence electrons. The largest absolute Gasteiger partial charge is 0.465 e. The molecule has 4 heteroatoms. The summed E-state index contributed by atoms with van der Waals surface area (Å²) >= 11 is 0. The summed E-state index contributed by atoms with van der Waals surface area (Å²) in [6.07, 6.45) is 0.905. The van der Waals surface area contributed by atoms with Crippen LogP contribution < -0.4 is 5.56 Å². The third-order valence-corrected chi connectivity index (χ3v) is 2.72. The highest BCUT2D eigenvalue weighted by atomic mass is 16.5. The van der Waals surface area contributed by atoms with E-state index in [4.69, 9.17) is 0 Å². The van der Waals surface area contributed by atoms with Gasteiger partial charge in [0.1, 0.15) is 5.56 Å². The second-order valence-electron chi connectivity index (χ2n) is 3.78. The van der Waals surface area contributed by atoms with E-state index in [1.54, 1.807) is 6.07 Å². The fourth-order valence-electron chi connectivity index (χ4n) is 1.74. The number of carbonyl (C=O) groups is 1. The van der Waals surface area contributed by atoms with E-state index >= 15 is 0 Å². The Morgan fingerprint density at radius 1 is 1.35 bits per heavy atom. The zero-order chi connectivity index (χ0) is 12.4. The lowest BCUT2D eigenvalue weighted by Gasteiger charge is -2.03. The monoisotopic (exact) mass is 231 g/mol. The summed E-state index contributed by atoms with van der Waals surface area (Å²) in [5.74, 6) is -0.616. The van der Waals surface area contributed by atoms with E-state index in [1.807, 2.05) is 25.1 Å². The molecule has 0 atom stereocenters. The molecule has 17 heavy (non-hydrogen) atoms. The van der Waals surface area contributed by atoms with E-state index in [0.717, 1.165) is 22.9 Å². The summed E-state index contributed by atoms with van der Waals surface area (Å²) in [7, 11) is 1.26. The Morgan fingerprint density at radius 2 is 2.12 bits per heavy atom. The maximum atomic E-state index is 11.6. The molecule has 0 aliphatic rings. The molecule has 0 fully saturated rings. The van der Waals surface area contributed by atoms with E-state index in [2.05, 4.69) is 9.72 Å². The Balaban J connectivity index is 2.68. The molecular formula is C13H13NO3. The molecule has 1 aromatic carbocycles. The number of esters is 1. The average molecular weight is 231 g/mol. The number of aryl methyl sites for hydroxylation is 1. The van der Waals surface area contributed by atoms with Crippen LogP contribution >= 0.6 is 0 Å². The number of hydrogen-bond acceptors (Lipinski definition) is 3. The van der Waals surface area contributed by atoms with Crippen LogP contribution in [0.5, 0.6) is 0 Å². The van der Waals surface area contributed by atoms with Crippen LogP contribution in [-0.2, 0) is 11.2 Å². The summed E-state index contributed by atoms with van der Waals surface area (Å²) in [5, 5.41) is 0.837. The summed E-state index contributed by atoms with van der Waals surface area (Å²) in [5.41, 5.74) is 1.49. The number of hydrogen-bond donors (Lipinski definition) is 1. The van der Waals surface area contributed by atoms with Crippen LogP contribution in [0, 0.1) is 0 Å². The van der Waals surface area contributed by atoms with Gasteiger partial charge < -0.3 is 9.72 Å². The Morgan fingerprint density at radius 3 is 2.76 bits per heavy atom. The van der Waals surface area contributed by atoms with Gasteiger partial charge in [0, 0.05) is 5.52 Å². The van der Waals surface area contributed by atoms with Crippen LogP contribution in [0.4, 0.5) is 0 Å². The molecule has 0 aliphatic heterocycles. The number of carbonyl (C=O) groups excluding carboxylic acids is 1. The SMILES string of the molecule is CCc1ccc2[nH]c(=O)c(C(=O)OC)cc2c1. The second kappa shape index (κ2) is 4.41. The number of pyridine rings is 1. The van der Waals surface area contributed by atoms with Gasteiger partial charge in [0.2, 0.25) is 0 Å². The highest BCUT2D eigenvalue weighted by Crippen LogP contribution is 2.14. The van der Waals surface area contributed by atoms with Crippen molar-refractivity contribution in [3.05, 3.63) is 45.7 Å². The zero-order valence-electron chi connectivity index (χ0n) is 9.74. The van der Waals surface area contributed by atoms with Crippen LogP contribution in [0.3, 0.4) is 0 Å². The van der Waals surface area contributed by atoms with E-state index in [0.29, 0.717) is 0 Å². The minimum absolute atomic E-state index is 0.0354. The summed E-state index contributed by atoms with van der Waals surface area (Å²) in [6.45, 7) is 2.05. The molecule has 0 saturated carbocycles. The fraction of sp³-hybridized carbons (Fsp3) is 0.231. The van der Waals surface area contributed by atoms with Crippen molar-refractivity contribution in [1.29, 1.82) is 0 Å². The average Bonchev–Trinajstić information content (AvgIpc) is 2.36. The minimum atomic E-state index is -0.616. The molecule has 0 radical (unpaired) electrons. The molecule has 4 nitrogen and oxygen atoms in total. The van der Waals surface area contributed by atoms with Gasteiger partial charge in [-0.1, -0.05) is 13.0 Å². The van der Waals surface area contributed by atoms with Crippen molar-refractivity contribution < 1.29 is 9.53 Å². The molecule has 2 aromatic rings. The molecule has 0 unspecified atom stereocenters. The molecule has 0 aliphatic carbocycles. The number of rotatable bonds is 2. The molecule has 1 heterocycles. The second-order valence-corrected chi connectivity index (χ2v) is 3.78. The van der Waals surface area contributed by atoms with Crippen molar-refractivity contribution in [3.8, 4) is 0 Å². The van der Waals surface area contributed by atoms with E-state index in [-0.39, 0.29) is 5.56 Å². The Bertz CT molecular complexity index is 628. The molecule has 0 spiro atoms. The topological polar surface area (TPSA) is 59.2 Å². The molecule has 2 rings (SSSR count). The number of ether oxygens (including phenoxy) is 1. The van der Waals surface area contributed by atoms with Crippen molar-refractivity contribution in [2.24, 2.45) is 0 Å². The quantitative estimate of drug-likeness (QED) is 0.803. The van der Waals surface area contributed by atoms with Crippen molar-refractivity contribution in [2.45, 2.75) is 13.3 Å². The first-order valence-electron chi connectivity index (χ1n) is 5.40. The first kappa shape index (κ1) is 11.4. The number of nitrogens with one attached hydrogen (secondary N) is 1. The van der Waals surface area contributed by atoms with Crippen LogP contribution in [0.15, 0.2) is 29.1 Å². The first-order valence-corrected chi connectivity index (χ1v) is 5.40. The minimum Gasteiger partial charge on any atom is -0.465 e. The van der Waals surface area contributed by atoms with Gasteiger partial charge in [0.25, 0.3) is 5.56 Å². The number of aromatic nitrogens is 1. The van der Waals surface area contributed by atoms with Gasteiger partial charge in [-0.05, 0) is 35.6 Å². The van der Waals surface area contributed by atoms with Crippen molar-refractivity contribution in [3.63, 3.8) is 0 Å². The third kappa shape index (κ3) is 2.06. The van der Waals surface area contributed by atoms with Gasteiger partial charge in [-0.15, -0.1) is 0 Å². The standard InChI is InChI=1S/C13H13NO3/c1-3-8-4-5-11-9(6-8)7-10(12(15)14-11)13(16)17-2/h4-7H,3H2,1-2H3,(H,14,15). The van der Waals surface area contributed by atoms with E-state index < -0.39 is 11.5 Å². The van der Waals surface area contributed by atoms with E-state index in [9.17, 15) is 9.59 Å². The maximum Gasteiger partial charge on any atom is 0.343 e. The van der Waals surface area contributed by atoms with E-state index in [1.165, 1.54) is 7.11 Å². The zero-order valence-corrected chi connectivity index (χ0v) is 9.74. The molecule has 0 amide bonds. The lowest BCUT2D eigenvalue weighted by Crippen LogP contribution is -2.18. The Hall–Kier alpha value is -2.10. The van der Waals surface area contributed by atoms with Crippen LogP contribution in [0.25, 0.3) is 10.9 Å². The predicted molar refractivity (Wildman–Crippen MR) is 65.3 cm³/mol. The summed E-state index contributed by atoms with van der Waals surface area (Å²) in [6, 6.07) is 7.32. The highest BCUT2D eigenvalue weighted by molar-refractivity contribution is 5.93. The van der Waals surface area contributed by atoms with Gasteiger partial charge >= 0.3 is 5.97 Å². The molecule has 1 N–H and O–H groups in total. The number of fused-ring (bicyclic) bond motifs is 1. The predicted octanol–water partition coefficient (Wildman–Crippen LogP) is 1.88. The van der Waals surface area contributed by atoms with Gasteiger partial charge in [0.15, 0.2) is 0 Å². The highest BCUT2D eigenvalue weighted by Gasteiger charge is 2.11. The lowest BCUT2D eigenvalue weighted by molar-refractivity contribution is 0.0599. The Labute approximate surface area is 98.2 Å². The lowest BCUT2D eigenvalue weighted by atomic mass is 10.1. The first-order chi connectivity index (χ1) is 8.15. The van der Waals surface area contributed by atoms with Gasteiger partial charge in [-0.25, -0.2) is 4.79 Å².